The second kappa shape index (κ2) is 11.8. The fraction of sp³-hybridized carbons (Fsp3) is 0.300. The van der Waals surface area contributed by atoms with Crippen LogP contribution in [0.5, 0.6) is 0 Å². The molecule has 6 nitrogen and oxygen atoms in total. The molecule has 3 aromatic carbocycles. The lowest BCUT2D eigenvalue weighted by Crippen LogP contribution is -2.45. The fourth-order valence-electron chi connectivity index (χ4n) is 5.16. The minimum absolute atomic E-state index is 0.535. The monoisotopic (exact) mass is 514 g/mol. The maximum Gasteiger partial charge on any atom is 0.0737 e. The van der Waals surface area contributed by atoms with Crippen LogP contribution in [0.25, 0.3) is 10.9 Å². The molecule has 1 saturated heterocycles. The Morgan fingerprint density at radius 2 is 1.49 bits per heavy atom. The third-order valence-electron chi connectivity index (χ3n) is 7.25. The molecule has 0 atom stereocenters. The van der Waals surface area contributed by atoms with Gasteiger partial charge < -0.3 is 21.7 Å². The number of nitrogen functional groups attached to an aromatic ring is 2. The highest BCUT2D eigenvalue weighted by Crippen LogP contribution is 2.25. The number of benzene rings is 3. The Labute approximate surface area is 224 Å². The van der Waals surface area contributed by atoms with Gasteiger partial charge in [0, 0.05) is 65.9 Å². The molecule has 0 saturated carbocycles. The van der Waals surface area contributed by atoms with Crippen molar-refractivity contribution in [3.63, 3.8) is 0 Å². The van der Waals surface area contributed by atoms with Gasteiger partial charge in [0.1, 0.15) is 0 Å². The maximum atomic E-state index is 6.13. The number of nitrogens with two attached hydrogens (primary N) is 2. The molecule has 0 unspecified atom stereocenters. The molecule has 0 bridgehead atoms. The summed E-state index contributed by atoms with van der Waals surface area (Å²) in [7, 11) is 0. The van der Waals surface area contributed by atoms with Crippen LogP contribution in [-0.4, -0.2) is 47.0 Å². The number of hydrogen-bond donors (Lipinski definition) is 3. The lowest BCUT2D eigenvalue weighted by Gasteiger charge is -2.39. The Morgan fingerprint density at radius 1 is 0.865 bits per heavy atom. The van der Waals surface area contributed by atoms with Crippen LogP contribution in [0.4, 0.5) is 17.1 Å². The maximum absolute atomic E-state index is 6.13. The molecule has 37 heavy (non-hydrogen) atoms. The van der Waals surface area contributed by atoms with Gasteiger partial charge in [0.15, 0.2) is 0 Å². The summed E-state index contributed by atoms with van der Waals surface area (Å²) in [5, 5.41) is 5.42. The molecule has 1 aliphatic heterocycles. The highest BCUT2D eigenvalue weighted by Gasteiger charge is 2.25. The first kappa shape index (κ1) is 25.3. The van der Waals surface area contributed by atoms with Crippen LogP contribution in [0.15, 0.2) is 79.0 Å². The highest BCUT2D eigenvalue weighted by molar-refractivity contribution is 6.31. The van der Waals surface area contributed by atoms with Crippen LogP contribution in [0, 0.1) is 0 Å². The van der Waals surface area contributed by atoms with Gasteiger partial charge in [-0.05, 0) is 85.6 Å². The van der Waals surface area contributed by atoms with Crippen LogP contribution < -0.4 is 16.8 Å². The van der Waals surface area contributed by atoms with Crippen molar-refractivity contribution >= 4 is 39.6 Å². The zero-order valence-electron chi connectivity index (χ0n) is 21.1. The Hall–Kier alpha value is -3.32. The quantitative estimate of drug-likeness (QED) is 0.251. The van der Waals surface area contributed by atoms with Crippen molar-refractivity contribution in [1.29, 1.82) is 0 Å². The largest absolute Gasteiger partial charge is 0.399 e. The van der Waals surface area contributed by atoms with E-state index in [-0.39, 0.29) is 0 Å². The Kier molecular flexibility index (Phi) is 8.09. The lowest BCUT2D eigenvalue weighted by atomic mass is 10.0. The molecule has 2 heterocycles. The Bertz CT molecular complexity index is 1250. The number of piperidine rings is 1. The molecule has 5 rings (SSSR count). The minimum atomic E-state index is 0.535. The van der Waals surface area contributed by atoms with Gasteiger partial charge in [-0.1, -0.05) is 35.9 Å². The number of halogens is 1. The van der Waals surface area contributed by atoms with E-state index in [1.807, 2.05) is 54.7 Å². The Morgan fingerprint density at radius 3 is 2.11 bits per heavy atom. The zero-order valence-corrected chi connectivity index (χ0v) is 21.9. The summed E-state index contributed by atoms with van der Waals surface area (Å²) >= 11 is 6.13. The molecule has 0 spiro atoms. The van der Waals surface area contributed by atoms with E-state index in [1.165, 1.54) is 11.1 Å². The summed E-state index contributed by atoms with van der Waals surface area (Å²) in [6, 6.07) is 25.0. The second-order valence-corrected chi connectivity index (χ2v) is 10.3. The highest BCUT2D eigenvalue weighted by atomic mass is 35.5. The van der Waals surface area contributed by atoms with E-state index in [0.29, 0.717) is 11.1 Å². The van der Waals surface area contributed by atoms with E-state index < -0.39 is 0 Å². The number of likely N-dealkylation sites (tertiary alicyclic amines) is 1. The van der Waals surface area contributed by atoms with Crippen LogP contribution in [0.3, 0.4) is 0 Å². The Balaban J connectivity index is 1.17. The molecule has 5 N–H and O–H groups in total. The molecule has 0 aliphatic carbocycles. The smallest absolute Gasteiger partial charge is 0.0737 e. The van der Waals surface area contributed by atoms with Crippen molar-refractivity contribution in [1.82, 2.24) is 14.8 Å². The minimum Gasteiger partial charge on any atom is -0.399 e. The van der Waals surface area contributed by atoms with Crippen LogP contribution >= 0.6 is 11.6 Å². The molecule has 0 amide bonds. The molecule has 1 aliphatic rings. The SMILES string of the molecule is Nc1ccc(CN(Cc2ccc(N)cc2)C2CCN(CCNc3ccnc4cc(Cl)ccc34)CC2)cc1. The van der Waals surface area contributed by atoms with E-state index in [1.54, 1.807) is 0 Å². The molecular formula is C30H35ClN6. The molecular weight excluding hydrogens is 480 g/mol. The van der Waals surface area contributed by atoms with E-state index in [0.717, 1.165) is 80.1 Å². The van der Waals surface area contributed by atoms with Crippen LogP contribution in [0.2, 0.25) is 5.02 Å². The number of pyridine rings is 1. The fourth-order valence-corrected chi connectivity index (χ4v) is 5.33. The van der Waals surface area contributed by atoms with Gasteiger partial charge in [-0.3, -0.25) is 9.88 Å². The molecule has 7 heteroatoms. The van der Waals surface area contributed by atoms with Gasteiger partial charge in [-0.2, -0.15) is 0 Å². The van der Waals surface area contributed by atoms with Gasteiger partial charge in [0.05, 0.1) is 5.52 Å². The zero-order chi connectivity index (χ0) is 25.6. The third-order valence-corrected chi connectivity index (χ3v) is 7.49. The molecule has 192 valence electrons. The van der Waals surface area contributed by atoms with Gasteiger partial charge >= 0.3 is 0 Å². The molecule has 1 fully saturated rings. The average Bonchev–Trinajstić information content (AvgIpc) is 2.91. The van der Waals surface area contributed by atoms with Crippen molar-refractivity contribution < 1.29 is 0 Å². The van der Waals surface area contributed by atoms with E-state index in [9.17, 15) is 0 Å². The first-order chi connectivity index (χ1) is 18.0. The standard InChI is InChI=1S/C30H35ClN6/c31-24-5-10-28-29(11-14-34-30(28)19-24)35-15-18-36-16-12-27(13-17-36)37(20-22-1-6-25(32)7-2-22)21-23-3-8-26(33)9-4-23/h1-11,14,19,27H,12-13,15-18,20-21,32-33H2,(H,34,35). The van der Waals surface area contributed by atoms with Crippen LogP contribution in [0.1, 0.15) is 24.0 Å². The van der Waals surface area contributed by atoms with Crippen molar-refractivity contribution in [3.05, 3.63) is 95.1 Å². The number of rotatable bonds is 9. The number of nitrogens with one attached hydrogen (secondary N) is 1. The second-order valence-electron chi connectivity index (χ2n) is 9.91. The third kappa shape index (κ3) is 6.72. The topological polar surface area (TPSA) is 83.4 Å². The average molecular weight is 515 g/mol. The summed E-state index contributed by atoms with van der Waals surface area (Å²) in [5.41, 5.74) is 18.1. The number of anilines is 3. The normalized spacial score (nSPS) is 14.9. The van der Waals surface area contributed by atoms with Gasteiger partial charge in [0.25, 0.3) is 0 Å². The van der Waals surface area contributed by atoms with Crippen LogP contribution in [-0.2, 0) is 13.1 Å². The van der Waals surface area contributed by atoms with Gasteiger partial charge in [0.2, 0.25) is 0 Å². The number of hydrogen-bond acceptors (Lipinski definition) is 6. The van der Waals surface area contributed by atoms with Gasteiger partial charge in [-0.15, -0.1) is 0 Å². The van der Waals surface area contributed by atoms with E-state index in [4.69, 9.17) is 23.1 Å². The number of nitrogens with zero attached hydrogens (tertiary/aromatic N) is 3. The van der Waals surface area contributed by atoms with E-state index >= 15 is 0 Å². The van der Waals surface area contributed by atoms with Crippen molar-refractivity contribution in [3.8, 4) is 0 Å². The number of aromatic nitrogens is 1. The van der Waals surface area contributed by atoms with Gasteiger partial charge in [-0.25, -0.2) is 0 Å². The van der Waals surface area contributed by atoms with Crippen molar-refractivity contribution in [2.75, 3.05) is 43.0 Å². The predicted octanol–water partition coefficient (Wildman–Crippen LogP) is 5.63. The lowest BCUT2D eigenvalue weighted by molar-refractivity contribution is 0.0985. The first-order valence-electron chi connectivity index (χ1n) is 13.0. The summed E-state index contributed by atoms with van der Waals surface area (Å²) in [6.07, 6.45) is 4.14. The summed E-state index contributed by atoms with van der Waals surface area (Å²) in [5.74, 6) is 0. The van der Waals surface area contributed by atoms with E-state index in [2.05, 4.69) is 44.4 Å². The summed E-state index contributed by atoms with van der Waals surface area (Å²) in [4.78, 5) is 9.62. The van der Waals surface area contributed by atoms with Crippen molar-refractivity contribution in [2.45, 2.75) is 32.0 Å². The predicted molar refractivity (Wildman–Crippen MR) is 156 cm³/mol. The summed E-state index contributed by atoms with van der Waals surface area (Å²) < 4.78 is 0. The van der Waals surface area contributed by atoms with Crippen molar-refractivity contribution in [2.24, 2.45) is 0 Å². The summed E-state index contributed by atoms with van der Waals surface area (Å²) in [6.45, 7) is 5.93. The number of fused-ring (bicyclic) bond motifs is 1. The molecule has 0 radical (unpaired) electrons. The molecule has 1 aromatic heterocycles. The first-order valence-corrected chi connectivity index (χ1v) is 13.3. The molecule has 4 aromatic rings.